The molecule has 6 heteroatoms. The van der Waals surface area contributed by atoms with E-state index in [0.29, 0.717) is 11.5 Å². The highest BCUT2D eigenvalue weighted by Crippen LogP contribution is 2.30. The number of nitrogens with one attached hydrogen (secondary N) is 1. The number of methoxy groups -OCH3 is 1. The number of anilines is 1. The molecule has 0 spiro atoms. The molecule has 0 aliphatic carbocycles. The van der Waals surface area contributed by atoms with Crippen molar-refractivity contribution in [2.24, 2.45) is 0 Å². The van der Waals surface area contributed by atoms with Crippen LogP contribution in [0.1, 0.15) is 5.69 Å². The fraction of sp³-hybridized carbons (Fsp3) is 0.231. The SMILES string of the molecule is CNc1nc(-c2ccc(OC)c(Br)c2)nc(C)c1F. The van der Waals surface area contributed by atoms with Crippen LogP contribution in [0.15, 0.2) is 22.7 Å². The van der Waals surface area contributed by atoms with Gasteiger partial charge in [-0.3, -0.25) is 0 Å². The Morgan fingerprint density at radius 3 is 2.63 bits per heavy atom. The average Bonchev–Trinajstić information content (AvgIpc) is 2.41. The first kappa shape index (κ1) is 13.7. The lowest BCUT2D eigenvalue weighted by Crippen LogP contribution is -2.03. The first-order valence-corrected chi connectivity index (χ1v) is 6.42. The van der Waals surface area contributed by atoms with Gasteiger partial charge in [-0.15, -0.1) is 0 Å². The number of ether oxygens (including phenoxy) is 1. The Labute approximate surface area is 119 Å². The first-order chi connectivity index (χ1) is 9.06. The number of rotatable bonds is 3. The second-order valence-electron chi connectivity index (χ2n) is 3.89. The third kappa shape index (κ3) is 2.68. The lowest BCUT2D eigenvalue weighted by atomic mass is 10.2. The van der Waals surface area contributed by atoms with E-state index in [-0.39, 0.29) is 5.82 Å². The van der Waals surface area contributed by atoms with Crippen molar-refractivity contribution in [3.8, 4) is 17.1 Å². The molecule has 100 valence electrons. The molecule has 1 N–H and O–H groups in total. The van der Waals surface area contributed by atoms with E-state index >= 15 is 0 Å². The fourth-order valence-electron chi connectivity index (χ4n) is 1.66. The summed E-state index contributed by atoms with van der Waals surface area (Å²) in [7, 11) is 3.22. The van der Waals surface area contributed by atoms with E-state index in [2.05, 4.69) is 31.2 Å². The van der Waals surface area contributed by atoms with Crippen molar-refractivity contribution < 1.29 is 9.13 Å². The van der Waals surface area contributed by atoms with Crippen molar-refractivity contribution in [3.63, 3.8) is 0 Å². The van der Waals surface area contributed by atoms with Crippen LogP contribution in [0.2, 0.25) is 0 Å². The summed E-state index contributed by atoms with van der Waals surface area (Å²) in [4.78, 5) is 8.32. The number of nitrogens with zero attached hydrogens (tertiary/aromatic N) is 2. The quantitative estimate of drug-likeness (QED) is 0.939. The predicted molar refractivity (Wildman–Crippen MR) is 76.0 cm³/mol. The van der Waals surface area contributed by atoms with Crippen molar-refractivity contribution in [2.45, 2.75) is 6.92 Å². The van der Waals surface area contributed by atoms with E-state index in [1.807, 2.05) is 12.1 Å². The number of hydrogen-bond acceptors (Lipinski definition) is 4. The lowest BCUT2D eigenvalue weighted by Gasteiger charge is -2.09. The van der Waals surface area contributed by atoms with Crippen molar-refractivity contribution in [1.82, 2.24) is 9.97 Å². The minimum absolute atomic E-state index is 0.189. The van der Waals surface area contributed by atoms with Crippen LogP contribution in [-0.2, 0) is 0 Å². The van der Waals surface area contributed by atoms with Gasteiger partial charge in [0.05, 0.1) is 17.3 Å². The van der Waals surface area contributed by atoms with E-state index in [1.165, 1.54) is 0 Å². The standard InChI is InChI=1S/C13H13BrFN3O/c1-7-11(15)13(16-2)18-12(17-7)8-4-5-10(19-3)9(14)6-8/h4-6H,1-3H3,(H,16,17,18). The molecule has 19 heavy (non-hydrogen) atoms. The molecule has 1 aromatic heterocycles. The maximum Gasteiger partial charge on any atom is 0.186 e. The summed E-state index contributed by atoms with van der Waals surface area (Å²) in [5.41, 5.74) is 1.09. The fourth-order valence-corrected chi connectivity index (χ4v) is 2.20. The highest BCUT2D eigenvalue weighted by atomic mass is 79.9. The summed E-state index contributed by atoms with van der Waals surface area (Å²) in [5.74, 6) is 0.941. The summed E-state index contributed by atoms with van der Waals surface area (Å²) in [6.45, 7) is 1.61. The molecule has 1 heterocycles. The van der Waals surface area contributed by atoms with Gasteiger partial charge in [-0.05, 0) is 41.1 Å². The Bertz CT molecular complexity index is 619. The third-order valence-corrected chi connectivity index (χ3v) is 3.28. The van der Waals surface area contributed by atoms with Gasteiger partial charge in [0.2, 0.25) is 0 Å². The molecule has 0 aliphatic heterocycles. The van der Waals surface area contributed by atoms with Crippen molar-refractivity contribution in [3.05, 3.63) is 34.2 Å². The van der Waals surface area contributed by atoms with Gasteiger partial charge < -0.3 is 10.1 Å². The molecule has 0 bridgehead atoms. The van der Waals surface area contributed by atoms with Gasteiger partial charge in [-0.1, -0.05) is 0 Å². The molecule has 0 atom stereocenters. The maximum atomic E-state index is 13.7. The smallest absolute Gasteiger partial charge is 0.186 e. The Kier molecular flexibility index (Phi) is 3.99. The van der Waals surface area contributed by atoms with Crippen molar-refractivity contribution >= 4 is 21.7 Å². The molecule has 0 unspecified atom stereocenters. The van der Waals surface area contributed by atoms with Crippen LogP contribution in [0.4, 0.5) is 10.2 Å². The summed E-state index contributed by atoms with van der Waals surface area (Å²) >= 11 is 3.40. The topological polar surface area (TPSA) is 47.0 Å². The molecule has 0 saturated carbocycles. The maximum absolute atomic E-state index is 13.7. The largest absolute Gasteiger partial charge is 0.496 e. The Morgan fingerprint density at radius 1 is 1.32 bits per heavy atom. The first-order valence-electron chi connectivity index (χ1n) is 5.62. The minimum Gasteiger partial charge on any atom is -0.496 e. The molecule has 2 aromatic rings. The van der Waals surface area contributed by atoms with Gasteiger partial charge in [-0.25, -0.2) is 14.4 Å². The highest BCUT2D eigenvalue weighted by Gasteiger charge is 2.12. The number of benzene rings is 1. The number of aromatic nitrogens is 2. The zero-order valence-corrected chi connectivity index (χ0v) is 12.4. The van der Waals surface area contributed by atoms with Crippen LogP contribution in [0.5, 0.6) is 5.75 Å². The summed E-state index contributed by atoms with van der Waals surface area (Å²) < 4.78 is 19.6. The second kappa shape index (κ2) is 5.52. The van der Waals surface area contributed by atoms with Gasteiger partial charge in [0.15, 0.2) is 17.5 Å². The molecule has 0 saturated heterocycles. The van der Waals surface area contributed by atoms with Gasteiger partial charge in [0.1, 0.15) is 5.75 Å². The second-order valence-corrected chi connectivity index (χ2v) is 4.75. The van der Waals surface area contributed by atoms with Crippen LogP contribution < -0.4 is 10.1 Å². The molecule has 2 rings (SSSR count). The van der Waals surface area contributed by atoms with Crippen LogP contribution >= 0.6 is 15.9 Å². The van der Waals surface area contributed by atoms with Crippen LogP contribution in [0.3, 0.4) is 0 Å². The van der Waals surface area contributed by atoms with E-state index in [1.54, 1.807) is 27.1 Å². The van der Waals surface area contributed by atoms with Gasteiger partial charge in [0.25, 0.3) is 0 Å². The summed E-state index contributed by atoms with van der Waals surface area (Å²) in [6, 6.07) is 5.47. The summed E-state index contributed by atoms with van der Waals surface area (Å²) in [6.07, 6.45) is 0. The zero-order valence-electron chi connectivity index (χ0n) is 10.8. The van der Waals surface area contributed by atoms with E-state index in [4.69, 9.17) is 4.74 Å². The molecule has 0 amide bonds. The normalized spacial score (nSPS) is 10.4. The molecule has 0 radical (unpaired) electrons. The van der Waals surface area contributed by atoms with Crippen LogP contribution in [-0.4, -0.2) is 24.1 Å². The molecule has 0 aliphatic rings. The summed E-state index contributed by atoms with van der Waals surface area (Å²) in [5, 5.41) is 2.72. The third-order valence-electron chi connectivity index (χ3n) is 2.66. The van der Waals surface area contributed by atoms with E-state index < -0.39 is 5.82 Å². The Morgan fingerprint density at radius 2 is 2.05 bits per heavy atom. The van der Waals surface area contributed by atoms with Crippen LogP contribution in [0, 0.1) is 12.7 Å². The molecule has 0 fully saturated rings. The lowest BCUT2D eigenvalue weighted by molar-refractivity contribution is 0.412. The number of aryl methyl sites for hydroxylation is 1. The average molecular weight is 326 g/mol. The Balaban J connectivity index is 2.53. The van der Waals surface area contributed by atoms with Crippen molar-refractivity contribution in [2.75, 3.05) is 19.5 Å². The van der Waals surface area contributed by atoms with E-state index in [0.717, 1.165) is 15.8 Å². The van der Waals surface area contributed by atoms with Crippen LogP contribution in [0.25, 0.3) is 11.4 Å². The van der Waals surface area contributed by atoms with Gasteiger partial charge in [0, 0.05) is 12.6 Å². The highest BCUT2D eigenvalue weighted by molar-refractivity contribution is 9.10. The van der Waals surface area contributed by atoms with Gasteiger partial charge >= 0.3 is 0 Å². The molecular weight excluding hydrogens is 313 g/mol. The number of halogens is 2. The number of hydrogen-bond donors (Lipinski definition) is 1. The molecule has 4 nitrogen and oxygen atoms in total. The van der Waals surface area contributed by atoms with Crippen molar-refractivity contribution in [1.29, 1.82) is 0 Å². The molecule has 1 aromatic carbocycles. The predicted octanol–water partition coefficient (Wildman–Crippen LogP) is 3.40. The molecular formula is C13H13BrFN3O. The Hall–Kier alpha value is -1.69. The monoisotopic (exact) mass is 325 g/mol. The van der Waals surface area contributed by atoms with E-state index in [9.17, 15) is 4.39 Å². The minimum atomic E-state index is -0.432. The van der Waals surface area contributed by atoms with Gasteiger partial charge in [-0.2, -0.15) is 0 Å². The zero-order chi connectivity index (χ0) is 14.0.